The Hall–Kier alpha value is -1.27. The van der Waals surface area contributed by atoms with Gasteiger partial charge in [0.25, 0.3) is 0 Å². The Labute approximate surface area is 123 Å². The van der Waals surface area contributed by atoms with E-state index in [4.69, 9.17) is 0 Å². The molecule has 5 nitrogen and oxygen atoms in total. The summed E-state index contributed by atoms with van der Waals surface area (Å²) in [5.74, 6) is -0.0669. The van der Waals surface area contributed by atoms with E-state index in [9.17, 15) is 9.59 Å². The monoisotopic (exact) mass is 295 g/mol. The molecule has 1 atom stereocenters. The number of Topliss-reactive ketones (excluding diaryl/α,β-unsaturated/α-hetero) is 1. The molecule has 6 heteroatoms. The van der Waals surface area contributed by atoms with Gasteiger partial charge < -0.3 is 10.6 Å². The molecule has 1 heterocycles. The number of hydrogen-bond acceptors (Lipinski definition) is 5. The molecule has 1 aromatic heterocycles. The molecule has 110 valence electrons. The lowest BCUT2D eigenvalue weighted by molar-refractivity contribution is -0.119. The summed E-state index contributed by atoms with van der Waals surface area (Å²) in [6, 6.07) is 0. The summed E-state index contributed by atoms with van der Waals surface area (Å²) >= 11 is 1.29. The van der Waals surface area contributed by atoms with E-state index in [0.717, 1.165) is 12.1 Å². The summed E-state index contributed by atoms with van der Waals surface area (Å²) in [5, 5.41) is 6.31. The molecule has 20 heavy (non-hydrogen) atoms. The Balaban J connectivity index is 2.13. The first kappa shape index (κ1) is 15.1. The number of fused-ring (bicyclic) bond motifs is 1. The van der Waals surface area contributed by atoms with Crippen LogP contribution in [0.5, 0.6) is 0 Å². The predicted octanol–water partition coefficient (Wildman–Crippen LogP) is 2.09. The van der Waals surface area contributed by atoms with Gasteiger partial charge in [0.1, 0.15) is 0 Å². The molecule has 2 N–H and O–H groups in total. The number of aromatic nitrogens is 1. The summed E-state index contributed by atoms with van der Waals surface area (Å²) < 4.78 is 0. The van der Waals surface area contributed by atoms with Gasteiger partial charge in [-0.15, -0.1) is 0 Å². The van der Waals surface area contributed by atoms with Crippen LogP contribution in [0.4, 0.5) is 5.13 Å². The van der Waals surface area contributed by atoms with Crippen molar-refractivity contribution in [3.63, 3.8) is 0 Å². The summed E-state index contributed by atoms with van der Waals surface area (Å²) in [6.45, 7) is 6.61. The fourth-order valence-electron chi connectivity index (χ4n) is 2.40. The fraction of sp³-hybridized carbons (Fsp3) is 0.643. The van der Waals surface area contributed by atoms with Crippen LogP contribution in [0.15, 0.2) is 0 Å². The van der Waals surface area contributed by atoms with Gasteiger partial charge in [-0.1, -0.05) is 32.1 Å². The SMILES string of the molecule is CNCC(C)C(=O)Nc1nc2c(s1)C(=O)CC(C)(C)C2. The molecule has 0 saturated heterocycles. The van der Waals surface area contributed by atoms with Crippen molar-refractivity contribution >= 4 is 28.2 Å². The van der Waals surface area contributed by atoms with Gasteiger partial charge in [-0.25, -0.2) is 4.98 Å². The van der Waals surface area contributed by atoms with Crippen LogP contribution in [0.2, 0.25) is 0 Å². The molecule has 1 unspecified atom stereocenters. The zero-order valence-electron chi connectivity index (χ0n) is 12.4. The minimum Gasteiger partial charge on any atom is -0.319 e. The van der Waals surface area contributed by atoms with Gasteiger partial charge in [0.05, 0.1) is 10.6 Å². The number of hydrogen-bond donors (Lipinski definition) is 2. The van der Waals surface area contributed by atoms with Crippen molar-refractivity contribution in [1.29, 1.82) is 0 Å². The number of rotatable bonds is 4. The number of thiazole rings is 1. The van der Waals surface area contributed by atoms with Crippen molar-refractivity contribution in [3.8, 4) is 0 Å². The van der Waals surface area contributed by atoms with Crippen molar-refractivity contribution in [3.05, 3.63) is 10.6 Å². The lowest BCUT2D eigenvalue weighted by Gasteiger charge is -2.26. The molecule has 0 saturated carbocycles. The quantitative estimate of drug-likeness (QED) is 0.892. The Kier molecular flexibility index (Phi) is 4.25. The predicted molar refractivity (Wildman–Crippen MR) is 80.3 cm³/mol. The molecule has 0 fully saturated rings. The third-order valence-electron chi connectivity index (χ3n) is 3.42. The largest absolute Gasteiger partial charge is 0.319 e. The van der Waals surface area contributed by atoms with Crippen molar-refractivity contribution in [2.75, 3.05) is 18.9 Å². The second-order valence-corrected chi connectivity index (χ2v) is 7.18. The van der Waals surface area contributed by atoms with Crippen molar-refractivity contribution in [2.45, 2.75) is 33.6 Å². The van der Waals surface area contributed by atoms with Gasteiger partial charge >= 0.3 is 0 Å². The van der Waals surface area contributed by atoms with Crippen molar-refractivity contribution < 1.29 is 9.59 Å². The maximum atomic E-state index is 12.1. The Bertz CT molecular complexity index is 537. The molecule has 1 aliphatic carbocycles. The number of carbonyl (C=O) groups is 2. The van der Waals surface area contributed by atoms with Crippen molar-refractivity contribution in [2.24, 2.45) is 11.3 Å². The van der Waals surface area contributed by atoms with E-state index < -0.39 is 0 Å². The molecule has 1 aliphatic rings. The van der Waals surface area contributed by atoms with Crippen molar-refractivity contribution in [1.82, 2.24) is 10.3 Å². The highest BCUT2D eigenvalue weighted by atomic mass is 32.1. The molecule has 1 amide bonds. The average molecular weight is 295 g/mol. The Morgan fingerprint density at radius 3 is 2.80 bits per heavy atom. The third kappa shape index (κ3) is 3.24. The molecule has 1 aromatic rings. The van der Waals surface area contributed by atoms with Crippen LogP contribution < -0.4 is 10.6 Å². The maximum Gasteiger partial charge on any atom is 0.230 e. The zero-order chi connectivity index (χ0) is 14.9. The minimum absolute atomic E-state index is 0.0428. The summed E-state index contributed by atoms with van der Waals surface area (Å²) in [7, 11) is 1.81. The van der Waals surface area contributed by atoms with E-state index in [1.54, 1.807) is 0 Å². The molecule has 0 aromatic carbocycles. The van der Waals surface area contributed by atoms with Crippen LogP contribution >= 0.6 is 11.3 Å². The van der Waals surface area contributed by atoms with Gasteiger partial charge in [0.2, 0.25) is 5.91 Å². The van der Waals surface area contributed by atoms with Gasteiger partial charge in [-0.2, -0.15) is 0 Å². The Morgan fingerprint density at radius 2 is 2.15 bits per heavy atom. The molecule has 0 spiro atoms. The number of ketones is 1. The van der Waals surface area contributed by atoms with E-state index in [0.29, 0.717) is 23.0 Å². The highest BCUT2D eigenvalue weighted by molar-refractivity contribution is 7.17. The topological polar surface area (TPSA) is 71.1 Å². The molecule has 0 aliphatic heterocycles. The van der Waals surface area contributed by atoms with Gasteiger partial charge in [-0.05, 0) is 18.9 Å². The van der Waals surface area contributed by atoms with E-state index in [1.165, 1.54) is 11.3 Å². The highest BCUT2D eigenvalue weighted by Crippen LogP contribution is 2.38. The molecular weight excluding hydrogens is 274 g/mol. The van der Waals surface area contributed by atoms with E-state index >= 15 is 0 Å². The molecule has 0 radical (unpaired) electrons. The normalized spacial score (nSPS) is 18.5. The first-order valence-electron chi connectivity index (χ1n) is 6.81. The zero-order valence-corrected chi connectivity index (χ0v) is 13.2. The van der Waals surface area contributed by atoms with Crippen LogP contribution in [-0.2, 0) is 11.2 Å². The lowest BCUT2D eigenvalue weighted by Crippen LogP contribution is -2.28. The summed E-state index contributed by atoms with van der Waals surface area (Å²) in [5.41, 5.74) is 0.784. The third-order valence-corrected chi connectivity index (χ3v) is 4.48. The van der Waals surface area contributed by atoms with E-state index in [2.05, 4.69) is 29.5 Å². The van der Waals surface area contributed by atoms with Gasteiger partial charge in [0, 0.05) is 18.9 Å². The van der Waals surface area contributed by atoms with Gasteiger partial charge in [0.15, 0.2) is 10.9 Å². The smallest absolute Gasteiger partial charge is 0.230 e. The average Bonchev–Trinajstić information content (AvgIpc) is 2.70. The minimum atomic E-state index is -0.131. The maximum absolute atomic E-state index is 12.1. The number of carbonyl (C=O) groups excluding carboxylic acids is 2. The van der Waals surface area contributed by atoms with Crippen LogP contribution in [-0.4, -0.2) is 30.3 Å². The number of nitrogens with one attached hydrogen (secondary N) is 2. The van der Waals surface area contributed by atoms with Crippen LogP contribution in [0.1, 0.15) is 42.6 Å². The highest BCUT2D eigenvalue weighted by Gasteiger charge is 2.34. The lowest BCUT2D eigenvalue weighted by atomic mass is 9.78. The number of anilines is 1. The second kappa shape index (κ2) is 5.61. The summed E-state index contributed by atoms with van der Waals surface area (Å²) in [4.78, 5) is 29.2. The van der Waals surface area contributed by atoms with E-state index in [1.807, 2.05) is 14.0 Å². The first-order chi connectivity index (χ1) is 9.32. The van der Waals surface area contributed by atoms with E-state index in [-0.39, 0.29) is 23.0 Å². The first-order valence-corrected chi connectivity index (χ1v) is 7.62. The van der Waals surface area contributed by atoms with Crippen LogP contribution in [0, 0.1) is 11.3 Å². The number of nitrogens with zero attached hydrogens (tertiary/aromatic N) is 1. The summed E-state index contributed by atoms with van der Waals surface area (Å²) in [6.07, 6.45) is 1.33. The van der Waals surface area contributed by atoms with Crippen LogP contribution in [0.25, 0.3) is 0 Å². The second-order valence-electron chi connectivity index (χ2n) is 6.18. The Morgan fingerprint density at radius 1 is 1.45 bits per heavy atom. The number of amides is 1. The molecular formula is C14H21N3O2S. The fourth-order valence-corrected chi connectivity index (χ4v) is 3.32. The standard InChI is InChI=1S/C14H21N3O2S/c1-8(7-15-4)12(19)17-13-16-9-5-14(2,3)6-10(18)11(9)20-13/h8,15H,5-7H2,1-4H3,(H,16,17,19). The van der Waals surface area contributed by atoms with Gasteiger partial charge in [-0.3, -0.25) is 9.59 Å². The molecule has 2 rings (SSSR count). The van der Waals surface area contributed by atoms with Crippen LogP contribution in [0.3, 0.4) is 0 Å². The molecule has 0 bridgehead atoms.